The Morgan fingerprint density at radius 1 is 0.833 bits per heavy atom. The van der Waals surface area contributed by atoms with Crippen molar-refractivity contribution in [1.82, 2.24) is 10.3 Å². The zero-order chi connectivity index (χ0) is 16.6. The minimum absolute atomic E-state index is 0.179. The Bertz CT molecular complexity index is 788. The fourth-order valence-corrected chi connectivity index (χ4v) is 2.33. The van der Waals surface area contributed by atoms with Gasteiger partial charge in [-0.05, 0) is 23.3 Å². The van der Waals surface area contributed by atoms with Gasteiger partial charge in [0.15, 0.2) is 0 Å². The largest absolute Gasteiger partial charge is 0.381 e. The van der Waals surface area contributed by atoms with Gasteiger partial charge in [-0.25, -0.2) is 0 Å². The summed E-state index contributed by atoms with van der Waals surface area (Å²) in [6.07, 6.45) is 1.64. The van der Waals surface area contributed by atoms with Gasteiger partial charge in [0.25, 0.3) is 5.91 Å². The molecule has 4 heteroatoms. The Hall–Kier alpha value is -3.14. The smallest absolute Gasteiger partial charge is 0.270 e. The summed E-state index contributed by atoms with van der Waals surface area (Å²) >= 11 is 0. The maximum Gasteiger partial charge on any atom is 0.270 e. The number of carbonyl (C=O) groups excluding carboxylic acids is 1. The van der Waals surface area contributed by atoms with Crippen LogP contribution in [0.4, 0.5) is 5.69 Å². The highest BCUT2D eigenvalue weighted by molar-refractivity contribution is 5.93. The SMILES string of the molecule is O=C(NCc1ccccc1)c1cc(NCc2ccccc2)ccn1. The molecule has 0 saturated carbocycles. The number of aromatic nitrogens is 1. The second-order valence-electron chi connectivity index (χ2n) is 5.44. The van der Waals surface area contributed by atoms with E-state index in [0.717, 1.165) is 11.3 Å². The lowest BCUT2D eigenvalue weighted by Gasteiger charge is -2.09. The number of hydrogen-bond acceptors (Lipinski definition) is 3. The molecule has 4 nitrogen and oxygen atoms in total. The molecular formula is C20H19N3O. The van der Waals surface area contributed by atoms with E-state index in [9.17, 15) is 4.79 Å². The molecule has 0 atom stereocenters. The van der Waals surface area contributed by atoms with E-state index in [-0.39, 0.29) is 5.91 Å². The number of anilines is 1. The van der Waals surface area contributed by atoms with Crippen LogP contribution in [0.25, 0.3) is 0 Å². The molecule has 0 saturated heterocycles. The zero-order valence-electron chi connectivity index (χ0n) is 13.3. The van der Waals surface area contributed by atoms with Crippen LogP contribution in [0.1, 0.15) is 21.6 Å². The van der Waals surface area contributed by atoms with Crippen LogP contribution < -0.4 is 10.6 Å². The summed E-state index contributed by atoms with van der Waals surface area (Å²) in [6, 6.07) is 23.6. The van der Waals surface area contributed by atoms with Crippen LogP contribution in [-0.2, 0) is 13.1 Å². The van der Waals surface area contributed by atoms with Gasteiger partial charge in [-0.2, -0.15) is 0 Å². The molecule has 1 amide bonds. The number of hydrogen-bond donors (Lipinski definition) is 2. The number of carbonyl (C=O) groups is 1. The highest BCUT2D eigenvalue weighted by Crippen LogP contribution is 2.10. The summed E-state index contributed by atoms with van der Waals surface area (Å²) in [5.74, 6) is -0.179. The van der Waals surface area contributed by atoms with Gasteiger partial charge in [-0.3, -0.25) is 9.78 Å². The highest BCUT2D eigenvalue weighted by atomic mass is 16.1. The van der Waals surface area contributed by atoms with Crippen molar-refractivity contribution >= 4 is 11.6 Å². The van der Waals surface area contributed by atoms with E-state index in [1.165, 1.54) is 5.56 Å². The number of benzene rings is 2. The number of pyridine rings is 1. The highest BCUT2D eigenvalue weighted by Gasteiger charge is 2.07. The van der Waals surface area contributed by atoms with Crippen LogP contribution in [0.5, 0.6) is 0 Å². The van der Waals surface area contributed by atoms with E-state index in [2.05, 4.69) is 27.8 Å². The Morgan fingerprint density at radius 3 is 2.12 bits per heavy atom. The molecule has 0 aliphatic heterocycles. The van der Waals surface area contributed by atoms with Crippen molar-refractivity contribution < 1.29 is 4.79 Å². The first-order chi connectivity index (χ1) is 11.8. The van der Waals surface area contributed by atoms with Crippen molar-refractivity contribution in [1.29, 1.82) is 0 Å². The molecular weight excluding hydrogens is 298 g/mol. The van der Waals surface area contributed by atoms with E-state index in [1.54, 1.807) is 12.3 Å². The molecule has 2 N–H and O–H groups in total. The Morgan fingerprint density at radius 2 is 1.46 bits per heavy atom. The third kappa shape index (κ3) is 4.43. The zero-order valence-corrected chi connectivity index (χ0v) is 13.3. The van der Waals surface area contributed by atoms with Gasteiger partial charge < -0.3 is 10.6 Å². The number of nitrogens with one attached hydrogen (secondary N) is 2. The first-order valence-corrected chi connectivity index (χ1v) is 7.87. The topological polar surface area (TPSA) is 54.0 Å². The summed E-state index contributed by atoms with van der Waals surface area (Å²) in [5.41, 5.74) is 3.52. The van der Waals surface area contributed by atoms with Crippen LogP contribution >= 0.6 is 0 Å². The molecule has 3 rings (SSSR count). The molecule has 0 fully saturated rings. The van der Waals surface area contributed by atoms with Crippen molar-refractivity contribution in [2.24, 2.45) is 0 Å². The molecule has 1 aromatic heterocycles. The summed E-state index contributed by atoms with van der Waals surface area (Å²) in [4.78, 5) is 16.4. The van der Waals surface area contributed by atoms with E-state index in [4.69, 9.17) is 0 Å². The van der Waals surface area contributed by atoms with Gasteiger partial charge in [0, 0.05) is 25.0 Å². The third-order valence-electron chi connectivity index (χ3n) is 3.63. The fourth-order valence-electron chi connectivity index (χ4n) is 2.33. The van der Waals surface area contributed by atoms with E-state index < -0.39 is 0 Å². The van der Waals surface area contributed by atoms with Crippen LogP contribution in [0.3, 0.4) is 0 Å². The summed E-state index contributed by atoms with van der Waals surface area (Å²) in [6.45, 7) is 1.19. The minimum atomic E-state index is -0.179. The molecule has 3 aromatic rings. The molecule has 0 aliphatic rings. The normalized spacial score (nSPS) is 10.2. The van der Waals surface area contributed by atoms with Crippen LogP contribution in [0, 0.1) is 0 Å². The molecule has 0 radical (unpaired) electrons. The molecule has 2 aromatic carbocycles. The van der Waals surface area contributed by atoms with Crippen molar-refractivity contribution in [3.63, 3.8) is 0 Å². The van der Waals surface area contributed by atoms with Gasteiger partial charge in [0.1, 0.15) is 5.69 Å². The molecule has 0 aliphatic carbocycles. The van der Waals surface area contributed by atoms with Crippen molar-refractivity contribution in [2.45, 2.75) is 13.1 Å². The number of rotatable bonds is 6. The first kappa shape index (κ1) is 15.7. The summed E-state index contributed by atoms with van der Waals surface area (Å²) in [5, 5.41) is 6.20. The Labute approximate surface area is 141 Å². The minimum Gasteiger partial charge on any atom is -0.381 e. The van der Waals surface area contributed by atoms with Gasteiger partial charge in [0.2, 0.25) is 0 Å². The van der Waals surface area contributed by atoms with Crippen molar-refractivity contribution in [2.75, 3.05) is 5.32 Å². The lowest BCUT2D eigenvalue weighted by molar-refractivity contribution is 0.0946. The van der Waals surface area contributed by atoms with Crippen LogP contribution in [0.15, 0.2) is 79.0 Å². The monoisotopic (exact) mass is 317 g/mol. The average molecular weight is 317 g/mol. The molecule has 120 valence electrons. The molecule has 0 bridgehead atoms. The van der Waals surface area contributed by atoms with Crippen molar-refractivity contribution in [3.8, 4) is 0 Å². The predicted octanol–water partition coefficient (Wildman–Crippen LogP) is 3.62. The maximum absolute atomic E-state index is 12.2. The Kier molecular flexibility index (Phi) is 5.20. The molecule has 1 heterocycles. The van der Waals surface area contributed by atoms with Gasteiger partial charge in [-0.15, -0.1) is 0 Å². The third-order valence-corrected chi connectivity index (χ3v) is 3.63. The summed E-state index contributed by atoms with van der Waals surface area (Å²) < 4.78 is 0. The van der Waals surface area contributed by atoms with Gasteiger partial charge >= 0.3 is 0 Å². The molecule has 0 unspecified atom stereocenters. The first-order valence-electron chi connectivity index (χ1n) is 7.87. The fraction of sp³-hybridized carbons (Fsp3) is 0.100. The van der Waals surface area contributed by atoms with Gasteiger partial charge in [0.05, 0.1) is 0 Å². The second-order valence-corrected chi connectivity index (χ2v) is 5.44. The number of nitrogens with zero attached hydrogens (tertiary/aromatic N) is 1. The van der Waals surface area contributed by atoms with E-state index >= 15 is 0 Å². The quantitative estimate of drug-likeness (QED) is 0.730. The second kappa shape index (κ2) is 7.92. The number of amides is 1. The predicted molar refractivity (Wildman–Crippen MR) is 95.6 cm³/mol. The van der Waals surface area contributed by atoms with Crippen molar-refractivity contribution in [3.05, 3.63) is 95.8 Å². The van der Waals surface area contributed by atoms with Crippen LogP contribution in [-0.4, -0.2) is 10.9 Å². The molecule has 0 spiro atoms. The summed E-state index contributed by atoms with van der Waals surface area (Å²) in [7, 11) is 0. The Balaban J connectivity index is 1.59. The lowest BCUT2D eigenvalue weighted by Crippen LogP contribution is -2.23. The standard InChI is InChI=1S/C20H19N3O/c24-20(23-15-17-9-5-2-6-10-17)19-13-18(11-12-21-19)22-14-16-7-3-1-4-8-16/h1-13H,14-15H2,(H,21,22)(H,23,24). The average Bonchev–Trinajstić information content (AvgIpc) is 2.66. The van der Waals surface area contributed by atoms with Gasteiger partial charge in [-0.1, -0.05) is 60.7 Å². The molecule has 24 heavy (non-hydrogen) atoms. The maximum atomic E-state index is 12.2. The van der Waals surface area contributed by atoms with Crippen LogP contribution in [0.2, 0.25) is 0 Å². The van der Waals surface area contributed by atoms with E-state index in [1.807, 2.05) is 54.6 Å². The van der Waals surface area contributed by atoms with E-state index in [0.29, 0.717) is 18.8 Å². The lowest BCUT2D eigenvalue weighted by atomic mass is 10.2.